The normalized spacial score (nSPS) is 15.3. The van der Waals surface area contributed by atoms with E-state index in [4.69, 9.17) is 0 Å². The van der Waals surface area contributed by atoms with Crippen LogP contribution in [0.4, 0.5) is 0 Å². The molecule has 0 aliphatic heterocycles. The minimum atomic E-state index is -0.344. The second-order valence-corrected chi connectivity index (χ2v) is 4.19. The fourth-order valence-electron chi connectivity index (χ4n) is 1.69. The Labute approximate surface area is 92.5 Å². The summed E-state index contributed by atoms with van der Waals surface area (Å²) in [6.07, 6.45) is 0.417. The number of aliphatic hydroxyl groups excluding tert-OH is 1. The van der Waals surface area contributed by atoms with E-state index in [0.717, 1.165) is 12.0 Å². The van der Waals surface area contributed by atoms with Crippen molar-refractivity contribution < 1.29 is 5.11 Å². The maximum atomic E-state index is 9.92. The Hall–Kier alpha value is -0.860. The van der Waals surface area contributed by atoms with Gasteiger partial charge in [-0.2, -0.15) is 0 Å². The van der Waals surface area contributed by atoms with Gasteiger partial charge in [-0.25, -0.2) is 0 Å². The van der Waals surface area contributed by atoms with Crippen LogP contribution in [-0.4, -0.2) is 24.1 Å². The van der Waals surface area contributed by atoms with Crippen LogP contribution >= 0.6 is 0 Å². The van der Waals surface area contributed by atoms with Gasteiger partial charge in [0.25, 0.3) is 0 Å². The zero-order valence-electron chi connectivity index (χ0n) is 10.1. The molecule has 2 nitrogen and oxygen atoms in total. The molecule has 0 aliphatic rings. The average molecular weight is 207 g/mol. The molecular weight excluding hydrogens is 186 g/mol. The molecule has 0 heterocycles. The van der Waals surface area contributed by atoms with E-state index in [1.807, 2.05) is 25.1 Å². The highest BCUT2D eigenvalue weighted by atomic mass is 16.3. The van der Waals surface area contributed by atoms with E-state index in [9.17, 15) is 5.11 Å². The highest BCUT2D eigenvalue weighted by Crippen LogP contribution is 2.27. The second kappa shape index (κ2) is 5.29. The summed E-state index contributed by atoms with van der Waals surface area (Å²) in [4.78, 5) is 2.15. The van der Waals surface area contributed by atoms with Crippen molar-refractivity contribution in [2.45, 2.75) is 32.4 Å². The van der Waals surface area contributed by atoms with Crippen LogP contribution in [0.1, 0.15) is 43.5 Å². The first-order valence-electron chi connectivity index (χ1n) is 5.51. The molecule has 0 fully saturated rings. The van der Waals surface area contributed by atoms with E-state index in [0.29, 0.717) is 6.04 Å². The monoisotopic (exact) mass is 207 g/mol. The summed E-state index contributed by atoms with van der Waals surface area (Å²) in [5.74, 6) is 0. The van der Waals surface area contributed by atoms with E-state index in [1.165, 1.54) is 5.56 Å². The van der Waals surface area contributed by atoms with Crippen molar-refractivity contribution in [1.29, 1.82) is 0 Å². The van der Waals surface area contributed by atoms with Crippen molar-refractivity contribution in [3.05, 3.63) is 35.4 Å². The molecule has 0 radical (unpaired) electrons. The van der Waals surface area contributed by atoms with E-state index in [2.05, 4.69) is 32.0 Å². The van der Waals surface area contributed by atoms with Crippen LogP contribution in [0.5, 0.6) is 0 Å². The first-order chi connectivity index (χ1) is 7.07. The highest BCUT2D eigenvalue weighted by molar-refractivity contribution is 5.31. The number of nitrogens with zero attached hydrogens (tertiary/aromatic N) is 1. The minimum absolute atomic E-state index is 0.336. The molecule has 2 heteroatoms. The van der Waals surface area contributed by atoms with Gasteiger partial charge in [-0.1, -0.05) is 31.2 Å². The summed E-state index contributed by atoms with van der Waals surface area (Å²) < 4.78 is 0. The molecule has 0 aliphatic carbocycles. The van der Waals surface area contributed by atoms with Gasteiger partial charge in [0.15, 0.2) is 0 Å². The summed E-state index contributed by atoms with van der Waals surface area (Å²) in [6.45, 7) is 4.16. The Morgan fingerprint density at radius 1 is 1.20 bits per heavy atom. The van der Waals surface area contributed by atoms with Gasteiger partial charge < -0.3 is 10.0 Å². The van der Waals surface area contributed by atoms with Gasteiger partial charge >= 0.3 is 0 Å². The van der Waals surface area contributed by atoms with E-state index < -0.39 is 0 Å². The van der Waals surface area contributed by atoms with Gasteiger partial charge in [0.05, 0.1) is 6.10 Å². The number of hydrogen-bond donors (Lipinski definition) is 1. The lowest BCUT2D eigenvalue weighted by Crippen LogP contribution is -2.18. The topological polar surface area (TPSA) is 23.5 Å². The Morgan fingerprint density at radius 2 is 1.73 bits per heavy atom. The van der Waals surface area contributed by atoms with Crippen LogP contribution in [0.25, 0.3) is 0 Å². The largest absolute Gasteiger partial charge is 0.388 e. The predicted octanol–water partition coefficient (Wildman–Crippen LogP) is 2.75. The van der Waals surface area contributed by atoms with Crippen LogP contribution < -0.4 is 0 Å². The average Bonchev–Trinajstić information content (AvgIpc) is 2.27. The predicted molar refractivity (Wildman–Crippen MR) is 63.8 cm³/mol. The van der Waals surface area contributed by atoms with Gasteiger partial charge in [0.2, 0.25) is 0 Å². The number of aliphatic hydroxyl groups is 1. The lowest BCUT2D eigenvalue weighted by Gasteiger charge is -2.24. The van der Waals surface area contributed by atoms with Gasteiger partial charge in [0.1, 0.15) is 0 Å². The number of benzene rings is 1. The summed E-state index contributed by atoms with van der Waals surface area (Å²) in [5, 5.41) is 9.92. The van der Waals surface area contributed by atoms with Gasteiger partial charge in [-0.05, 0) is 38.6 Å². The quantitative estimate of drug-likeness (QED) is 0.820. The minimum Gasteiger partial charge on any atom is -0.388 e. The molecule has 0 unspecified atom stereocenters. The van der Waals surface area contributed by atoms with E-state index >= 15 is 0 Å². The molecule has 0 spiro atoms. The zero-order chi connectivity index (χ0) is 11.4. The maximum absolute atomic E-state index is 9.92. The third-order valence-corrected chi connectivity index (χ3v) is 2.97. The Bertz CT molecular complexity index is 309. The fourth-order valence-corrected chi connectivity index (χ4v) is 1.69. The molecule has 1 aromatic rings. The lowest BCUT2D eigenvalue weighted by molar-refractivity contribution is 0.170. The molecule has 0 saturated carbocycles. The van der Waals surface area contributed by atoms with Crippen molar-refractivity contribution in [3.63, 3.8) is 0 Å². The SMILES string of the molecule is CC[C@H](O)c1ccccc1[C@@H](C)N(C)C. The van der Waals surface area contributed by atoms with Crippen LogP contribution in [0.3, 0.4) is 0 Å². The van der Waals surface area contributed by atoms with Gasteiger partial charge in [-0.15, -0.1) is 0 Å². The smallest absolute Gasteiger partial charge is 0.0790 e. The number of hydrogen-bond acceptors (Lipinski definition) is 2. The van der Waals surface area contributed by atoms with Crippen molar-refractivity contribution in [2.75, 3.05) is 14.1 Å². The summed E-state index contributed by atoms with van der Waals surface area (Å²) in [5.41, 5.74) is 2.28. The third-order valence-electron chi connectivity index (χ3n) is 2.97. The van der Waals surface area contributed by atoms with Crippen molar-refractivity contribution >= 4 is 0 Å². The molecule has 0 saturated heterocycles. The Balaban J connectivity index is 3.06. The molecule has 1 aromatic carbocycles. The fraction of sp³-hybridized carbons (Fsp3) is 0.538. The molecule has 15 heavy (non-hydrogen) atoms. The Kier molecular flexibility index (Phi) is 4.30. The van der Waals surface area contributed by atoms with Gasteiger partial charge in [0, 0.05) is 6.04 Å². The third kappa shape index (κ3) is 2.80. The van der Waals surface area contributed by atoms with Crippen LogP contribution in [0, 0.1) is 0 Å². The van der Waals surface area contributed by atoms with Crippen molar-refractivity contribution in [3.8, 4) is 0 Å². The number of rotatable bonds is 4. The molecule has 0 bridgehead atoms. The second-order valence-electron chi connectivity index (χ2n) is 4.19. The highest BCUT2D eigenvalue weighted by Gasteiger charge is 2.15. The standard InChI is InChI=1S/C13H21NO/c1-5-13(15)12-9-7-6-8-11(12)10(2)14(3)4/h6-10,13,15H,5H2,1-4H3/t10-,13+/m1/s1. The van der Waals surface area contributed by atoms with Crippen molar-refractivity contribution in [2.24, 2.45) is 0 Å². The molecular formula is C13H21NO. The van der Waals surface area contributed by atoms with Gasteiger partial charge in [-0.3, -0.25) is 0 Å². The van der Waals surface area contributed by atoms with Crippen LogP contribution in [0.2, 0.25) is 0 Å². The summed E-state index contributed by atoms with van der Waals surface area (Å²) >= 11 is 0. The van der Waals surface area contributed by atoms with E-state index in [1.54, 1.807) is 0 Å². The molecule has 84 valence electrons. The van der Waals surface area contributed by atoms with Crippen LogP contribution in [0.15, 0.2) is 24.3 Å². The maximum Gasteiger partial charge on any atom is 0.0790 e. The zero-order valence-corrected chi connectivity index (χ0v) is 10.1. The summed E-state index contributed by atoms with van der Waals surface area (Å²) in [7, 11) is 4.11. The molecule has 0 aromatic heterocycles. The van der Waals surface area contributed by atoms with Crippen LogP contribution in [-0.2, 0) is 0 Å². The lowest BCUT2D eigenvalue weighted by atomic mass is 9.96. The van der Waals surface area contributed by atoms with E-state index in [-0.39, 0.29) is 6.10 Å². The van der Waals surface area contributed by atoms with Crippen molar-refractivity contribution in [1.82, 2.24) is 4.90 Å². The first kappa shape index (κ1) is 12.2. The molecule has 2 atom stereocenters. The molecule has 1 rings (SSSR count). The summed E-state index contributed by atoms with van der Waals surface area (Å²) in [6, 6.07) is 8.46. The Morgan fingerprint density at radius 3 is 2.20 bits per heavy atom. The first-order valence-corrected chi connectivity index (χ1v) is 5.51. The molecule has 1 N–H and O–H groups in total. The molecule has 0 amide bonds.